The van der Waals surface area contributed by atoms with Crippen LogP contribution in [-0.4, -0.2) is 43.8 Å². The van der Waals surface area contributed by atoms with E-state index in [4.69, 9.17) is 0 Å². The van der Waals surface area contributed by atoms with Gasteiger partial charge in [-0.05, 0) is 18.4 Å². The quantitative estimate of drug-likeness (QED) is 0.598. The van der Waals surface area contributed by atoms with Crippen LogP contribution in [0.15, 0.2) is 22.7 Å². The molecule has 2 amide bonds. The van der Waals surface area contributed by atoms with E-state index in [0.29, 0.717) is 25.1 Å². The summed E-state index contributed by atoms with van der Waals surface area (Å²) in [6.45, 7) is 3.27. The van der Waals surface area contributed by atoms with Gasteiger partial charge in [-0.25, -0.2) is 0 Å². The standard InChI is InChI=1S/C14H16N4O2S2/c1-2-17-13(10-4-3-8-21-10)15-16-14(17)22-9-7-18-11(19)5-6-12(18)20/h3-4,8H,2,5-7,9H2,1H3. The summed E-state index contributed by atoms with van der Waals surface area (Å²) in [6.07, 6.45) is 0.689. The number of thiophene rings is 1. The van der Waals surface area contributed by atoms with Crippen LogP contribution >= 0.6 is 23.1 Å². The highest BCUT2D eigenvalue weighted by molar-refractivity contribution is 7.99. The van der Waals surface area contributed by atoms with Crippen LogP contribution in [0.4, 0.5) is 0 Å². The number of hydrogen-bond donors (Lipinski definition) is 0. The Kier molecular flexibility index (Phi) is 4.58. The van der Waals surface area contributed by atoms with Crippen LogP contribution in [0.2, 0.25) is 0 Å². The predicted octanol–water partition coefficient (Wildman–Crippen LogP) is 2.27. The average Bonchev–Trinajstić information content (AvgIpc) is 3.22. The minimum atomic E-state index is -0.0677. The zero-order valence-electron chi connectivity index (χ0n) is 12.2. The lowest BCUT2D eigenvalue weighted by atomic mass is 10.4. The Morgan fingerprint density at radius 2 is 2.05 bits per heavy atom. The normalized spacial score (nSPS) is 15.0. The van der Waals surface area contributed by atoms with Crippen molar-refractivity contribution in [3.63, 3.8) is 0 Å². The van der Waals surface area contributed by atoms with Crippen molar-refractivity contribution in [3.05, 3.63) is 17.5 Å². The number of aromatic nitrogens is 3. The maximum atomic E-state index is 11.6. The van der Waals surface area contributed by atoms with Crippen LogP contribution < -0.4 is 0 Å². The molecule has 0 bridgehead atoms. The lowest BCUT2D eigenvalue weighted by molar-refractivity contribution is -0.137. The Hall–Kier alpha value is -1.67. The van der Waals surface area contributed by atoms with Gasteiger partial charge in [0, 0.05) is 31.7 Å². The maximum Gasteiger partial charge on any atom is 0.229 e. The van der Waals surface area contributed by atoms with Gasteiger partial charge in [0.05, 0.1) is 4.88 Å². The molecule has 1 saturated heterocycles. The molecule has 0 aromatic carbocycles. The van der Waals surface area contributed by atoms with Crippen LogP contribution in [0.3, 0.4) is 0 Å². The molecular weight excluding hydrogens is 320 g/mol. The molecule has 0 radical (unpaired) electrons. The summed E-state index contributed by atoms with van der Waals surface area (Å²) >= 11 is 3.16. The number of imide groups is 1. The molecule has 1 aliphatic heterocycles. The zero-order chi connectivity index (χ0) is 15.5. The highest BCUT2D eigenvalue weighted by Gasteiger charge is 2.28. The van der Waals surface area contributed by atoms with Crippen molar-refractivity contribution < 1.29 is 9.59 Å². The summed E-state index contributed by atoms with van der Waals surface area (Å²) in [7, 11) is 0. The predicted molar refractivity (Wildman–Crippen MR) is 85.7 cm³/mol. The van der Waals surface area contributed by atoms with E-state index in [0.717, 1.165) is 22.4 Å². The summed E-state index contributed by atoms with van der Waals surface area (Å²) in [5, 5.41) is 11.3. The highest BCUT2D eigenvalue weighted by atomic mass is 32.2. The molecule has 1 aliphatic rings. The van der Waals surface area contributed by atoms with Crippen molar-refractivity contribution in [2.75, 3.05) is 12.3 Å². The van der Waals surface area contributed by atoms with Crippen molar-refractivity contribution in [2.24, 2.45) is 0 Å². The van der Waals surface area contributed by atoms with E-state index in [1.807, 2.05) is 17.5 Å². The Morgan fingerprint density at radius 3 is 2.68 bits per heavy atom. The Labute approximate surface area is 136 Å². The van der Waals surface area contributed by atoms with Gasteiger partial charge in [0.15, 0.2) is 11.0 Å². The van der Waals surface area contributed by atoms with Gasteiger partial charge in [-0.15, -0.1) is 21.5 Å². The molecule has 3 heterocycles. The Balaban J connectivity index is 1.66. The second kappa shape index (κ2) is 6.62. The lowest BCUT2D eigenvalue weighted by Gasteiger charge is -2.13. The van der Waals surface area contributed by atoms with Gasteiger partial charge in [0.25, 0.3) is 0 Å². The number of carbonyl (C=O) groups is 2. The van der Waals surface area contributed by atoms with Gasteiger partial charge in [0.1, 0.15) is 0 Å². The van der Waals surface area contributed by atoms with Crippen LogP contribution in [0.1, 0.15) is 19.8 Å². The Bertz CT molecular complexity index is 665. The summed E-state index contributed by atoms with van der Waals surface area (Å²) in [5.74, 6) is 1.37. The number of hydrogen-bond acceptors (Lipinski definition) is 6. The minimum absolute atomic E-state index is 0.0677. The number of rotatable bonds is 6. The van der Waals surface area contributed by atoms with Gasteiger partial charge in [0.2, 0.25) is 11.8 Å². The molecule has 0 saturated carbocycles. The average molecular weight is 336 g/mol. The van der Waals surface area contributed by atoms with Gasteiger partial charge in [-0.3, -0.25) is 14.5 Å². The molecule has 0 spiro atoms. The second-order valence-electron chi connectivity index (χ2n) is 4.82. The van der Waals surface area contributed by atoms with E-state index in [2.05, 4.69) is 21.7 Å². The van der Waals surface area contributed by atoms with Crippen LogP contribution in [0.25, 0.3) is 10.7 Å². The first-order valence-corrected chi connectivity index (χ1v) is 9.00. The fourth-order valence-corrected chi connectivity index (χ4v) is 4.01. The maximum absolute atomic E-state index is 11.6. The van der Waals surface area contributed by atoms with Crippen LogP contribution in [0.5, 0.6) is 0 Å². The molecule has 0 atom stereocenters. The molecule has 8 heteroatoms. The SMILES string of the molecule is CCn1c(SCCN2C(=O)CCC2=O)nnc1-c1cccs1. The fourth-order valence-electron chi connectivity index (χ4n) is 2.37. The molecule has 0 aliphatic carbocycles. The third-order valence-corrected chi connectivity index (χ3v) is 5.29. The lowest BCUT2D eigenvalue weighted by Crippen LogP contribution is -2.31. The number of amides is 2. The van der Waals surface area contributed by atoms with Gasteiger partial charge >= 0.3 is 0 Å². The minimum Gasteiger partial charge on any atom is -0.302 e. The number of likely N-dealkylation sites (tertiary alicyclic amines) is 1. The topological polar surface area (TPSA) is 68.1 Å². The van der Waals surface area contributed by atoms with Gasteiger partial charge < -0.3 is 4.57 Å². The van der Waals surface area contributed by atoms with Crippen molar-refractivity contribution >= 4 is 34.9 Å². The first-order chi connectivity index (χ1) is 10.7. The van der Waals surface area contributed by atoms with Gasteiger partial charge in [-0.2, -0.15) is 0 Å². The monoisotopic (exact) mass is 336 g/mol. The zero-order valence-corrected chi connectivity index (χ0v) is 13.8. The first-order valence-electron chi connectivity index (χ1n) is 7.13. The third kappa shape index (κ3) is 2.93. The third-order valence-electron chi connectivity index (χ3n) is 3.48. The Morgan fingerprint density at radius 1 is 1.27 bits per heavy atom. The van der Waals surface area contributed by atoms with Crippen molar-refractivity contribution in [2.45, 2.75) is 31.5 Å². The van der Waals surface area contributed by atoms with Crippen LogP contribution in [-0.2, 0) is 16.1 Å². The molecule has 0 N–H and O–H groups in total. The molecule has 2 aromatic heterocycles. The first kappa shape index (κ1) is 15.2. The fraction of sp³-hybridized carbons (Fsp3) is 0.429. The molecule has 2 aromatic rings. The van der Waals surface area contributed by atoms with E-state index in [1.165, 1.54) is 16.7 Å². The van der Waals surface area contributed by atoms with E-state index in [9.17, 15) is 9.59 Å². The summed E-state index contributed by atoms with van der Waals surface area (Å²) in [5.41, 5.74) is 0. The molecule has 22 heavy (non-hydrogen) atoms. The summed E-state index contributed by atoms with van der Waals surface area (Å²) < 4.78 is 2.06. The number of carbonyl (C=O) groups excluding carboxylic acids is 2. The van der Waals surface area contributed by atoms with E-state index < -0.39 is 0 Å². The summed E-state index contributed by atoms with van der Waals surface area (Å²) in [4.78, 5) is 25.6. The van der Waals surface area contributed by atoms with Crippen LogP contribution in [0, 0.1) is 0 Å². The van der Waals surface area contributed by atoms with E-state index in [-0.39, 0.29) is 11.8 Å². The van der Waals surface area contributed by atoms with Crippen molar-refractivity contribution in [3.8, 4) is 10.7 Å². The largest absolute Gasteiger partial charge is 0.302 e. The van der Waals surface area contributed by atoms with E-state index >= 15 is 0 Å². The van der Waals surface area contributed by atoms with E-state index in [1.54, 1.807) is 11.3 Å². The molecule has 116 valence electrons. The molecule has 6 nitrogen and oxygen atoms in total. The smallest absolute Gasteiger partial charge is 0.229 e. The number of nitrogens with zero attached hydrogens (tertiary/aromatic N) is 4. The van der Waals surface area contributed by atoms with Crippen molar-refractivity contribution in [1.29, 1.82) is 0 Å². The highest BCUT2D eigenvalue weighted by Crippen LogP contribution is 2.27. The molecule has 1 fully saturated rings. The second-order valence-corrected chi connectivity index (χ2v) is 6.83. The summed E-state index contributed by atoms with van der Waals surface area (Å²) in [6, 6.07) is 4.02. The molecule has 3 rings (SSSR count). The molecular formula is C14H16N4O2S2. The molecule has 0 unspecified atom stereocenters. The van der Waals surface area contributed by atoms with Crippen molar-refractivity contribution in [1.82, 2.24) is 19.7 Å². The number of thioether (sulfide) groups is 1. The van der Waals surface area contributed by atoms with Gasteiger partial charge in [-0.1, -0.05) is 17.8 Å².